The molecule has 2 amide bonds. The summed E-state index contributed by atoms with van der Waals surface area (Å²) >= 11 is 6.06. The largest absolute Gasteiger partial charge is 0.396 e. The highest BCUT2D eigenvalue weighted by Gasteiger charge is 2.23. The van der Waals surface area contributed by atoms with Crippen molar-refractivity contribution in [3.8, 4) is 0 Å². The highest BCUT2D eigenvalue weighted by molar-refractivity contribution is 6.33. The maximum absolute atomic E-state index is 11.9. The Balaban J connectivity index is 2.69. The number of carbonyl (C=O) groups is 1. The van der Waals surface area contributed by atoms with E-state index >= 15 is 0 Å². The SMILES string of the molecule is CCC(C)(CCO)NC(=O)Nc1ccc(C)cc1Cl. The van der Waals surface area contributed by atoms with Crippen molar-refractivity contribution in [3.05, 3.63) is 28.8 Å². The van der Waals surface area contributed by atoms with E-state index in [0.717, 1.165) is 12.0 Å². The van der Waals surface area contributed by atoms with Crippen molar-refractivity contribution in [2.75, 3.05) is 11.9 Å². The zero-order valence-electron chi connectivity index (χ0n) is 11.6. The number of halogens is 1. The van der Waals surface area contributed by atoms with Gasteiger partial charge in [0.1, 0.15) is 0 Å². The van der Waals surface area contributed by atoms with E-state index in [1.807, 2.05) is 26.8 Å². The van der Waals surface area contributed by atoms with Gasteiger partial charge in [-0.15, -0.1) is 0 Å². The number of rotatable bonds is 5. The summed E-state index contributed by atoms with van der Waals surface area (Å²) in [7, 11) is 0. The zero-order valence-corrected chi connectivity index (χ0v) is 12.3. The van der Waals surface area contributed by atoms with Gasteiger partial charge in [-0.2, -0.15) is 0 Å². The van der Waals surface area contributed by atoms with Gasteiger partial charge in [0.25, 0.3) is 0 Å². The molecule has 0 aromatic heterocycles. The molecule has 0 aliphatic carbocycles. The van der Waals surface area contributed by atoms with Crippen LogP contribution in [0.1, 0.15) is 32.3 Å². The van der Waals surface area contributed by atoms with E-state index < -0.39 is 5.54 Å². The molecule has 0 saturated carbocycles. The second kappa shape index (κ2) is 6.78. The van der Waals surface area contributed by atoms with Crippen LogP contribution in [0.15, 0.2) is 18.2 Å². The molecule has 0 radical (unpaired) electrons. The number of urea groups is 1. The van der Waals surface area contributed by atoms with Crippen molar-refractivity contribution in [1.29, 1.82) is 0 Å². The fourth-order valence-corrected chi connectivity index (χ4v) is 2.01. The Morgan fingerprint density at radius 1 is 1.47 bits per heavy atom. The van der Waals surface area contributed by atoms with Crippen LogP contribution in [-0.4, -0.2) is 23.3 Å². The van der Waals surface area contributed by atoms with Gasteiger partial charge >= 0.3 is 6.03 Å². The summed E-state index contributed by atoms with van der Waals surface area (Å²) in [4.78, 5) is 11.9. The predicted molar refractivity (Wildman–Crippen MR) is 78.7 cm³/mol. The summed E-state index contributed by atoms with van der Waals surface area (Å²) in [6, 6.07) is 5.13. The number of aliphatic hydroxyl groups is 1. The average Bonchev–Trinajstić information content (AvgIpc) is 2.33. The summed E-state index contributed by atoms with van der Waals surface area (Å²) in [5.74, 6) is 0. The van der Waals surface area contributed by atoms with Gasteiger partial charge in [0.15, 0.2) is 0 Å². The van der Waals surface area contributed by atoms with Gasteiger partial charge in [-0.05, 0) is 44.4 Å². The lowest BCUT2D eigenvalue weighted by Gasteiger charge is -2.29. The molecule has 1 rings (SSSR count). The molecule has 0 fully saturated rings. The number of nitrogens with one attached hydrogen (secondary N) is 2. The maximum Gasteiger partial charge on any atom is 0.319 e. The van der Waals surface area contributed by atoms with Crippen LogP contribution in [0.5, 0.6) is 0 Å². The minimum Gasteiger partial charge on any atom is -0.396 e. The average molecular weight is 285 g/mol. The van der Waals surface area contributed by atoms with Crippen LogP contribution >= 0.6 is 11.6 Å². The molecule has 0 spiro atoms. The van der Waals surface area contributed by atoms with Crippen molar-refractivity contribution in [1.82, 2.24) is 5.32 Å². The lowest BCUT2D eigenvalue weighted by atomic mass is 9.95. The number of amides is 2. The predicted octanol–water partition coefficient (Wildman–Crippen LogP) is 3.32. The first-order chi connectivity index (χ1) is 8.90. The number of aryl methyl sites for hydroxylation is 1. The third kappa shape index (κ3) is 4.73. The molecule has 4 nitrogen and oxygen atoms in total. The van der Waals surface area contributed by atoms with Crippen molar-refractivity contribution in [3.63, 3.8) is 0 Å². The van der Waals surface area contributed by atoms with E-state index in [9.17, 15) is 4.79 Å². The molecule has 19 heavy (non-hydrogen) atoms. The van der Waals surface area contributed by atoms with Gasteiger partial charge < -0.3 is 15.7 Å². The second-order valence-corrected chi connectivity index (χ2v) is 5.36. The zero-order chi connectivity index (χ0) is 14.5. The minimum atomic E-state index is -0.421. The summed E-state index contributed by atoms with van der Waals surface area (Å²) in [6.07, 6.45) is 1.25. The molecule has 0 bridgehead atoms. The van der Waals surface area contributed by atoms with Crippen LogP contribution in [0.4, 0.5) is 10.5 Å². The van der Waals surface area contributed by atoms with Crippen molar-refractivity contribution in [2.45, 2.75) is 39.2 Å². The second-order valence-electron chi connectivity index (χ2n) is 4.95. The standard InChI is InChI=1S/C14H21ClN2O2/c1-4-14(3,7-8-18)17-13(19)16-12-6-5-10(2)9-11(12)15/h5-6,9,18H,4,7-8H2,1-3H3,(H2,16,17,19). The minimum absolute atomic E-state index is 0.0376. The first-order valence-electron chi connectivity index (χ1n) is 6.36. The third-order valence-corrected chi connectivity index (χ3v) is 3.54. The number of carbonyl (C=O) groups excluding carboxylic acids is 1. The topological polar surface area (TPSA) is 61.4 Å². The first-order valence-corrected chi connectivity index (χ1v) is 6.74. The molecule has 0 saturated heterocycles. The van der Waals surface area contributed by atoms with Crippen LogP contribution in [0.2, 0.25) is 5.02 Å². The Morgan fingerprint density at radius 3 is 2.68 bits per heavy atom. The van der Waals surface area contributed by atoms with E-state index in [1.165, 1.54) is 0 Å². The van der Waals surface area contributed by atoms with Gasteiger partial charge in [0.05, 0.1) is 10.7 Å². The summed E-state index contributed by atoms with van der Waals surface area (Å²) in [6.45, 7) is 5.84. The van der Waals surface area contributed by atoms with Gasteiger partial charge in [-0.3, -0.25) is 0 Å². The fraction of sp³-hybridized carbons (Fsp3) is 0.500. The monoisotopic (exact) mass is 284 g/mol. The Hall–Kier alpha value is -1.26. The Kier molecular flexibility index (Phi) is 5.63. The molecule has 0 aliphatic rings. The van der Waals surface area contributed by atoms with Gasteiger partial charge in [-0.25, -0.2) is 4.79 Å². The van der Waals surface area contributed by atoms with Gasteiger partial charge in [-0.1, -0.05) is 24.6 Å². The van der Waals surface area contributed by atoms with E-state index in [-0.39, 0.29) is 12.6 Å². The van der Waals surface area contributed by atoms with Gasteiger partial charge in [0, 0.05) is 12.1 Å². The van der Waals surface area contributed by atoms with Crippen LogP contribution in [0, 0.1) is 6.92 Å². The molecule has 1 atom stereocenters. The lowest BCUT2D eigenvalue weighted by molar-refractivity contribution is 0.208. The molecule has 0 aliphatic heterocycles. The van der Waals surface area contributed by atoms with E-state index in [4.69, 9.17) is 16.7 Å². The molecule has 1 unspecified atom stereocenters. The number of benzene rings is 1. The molecule has 1 aromatic rings. The normalized spacial score (nSPS) is 13.7. The van der Waals surface area contributed by atoms with Crippen molar-refractivity contribution >= 4 is 23.3 Å². The Labute approximate surface area is 119 Å². The maximum atomic E-state index is 11.9. The molecule has 0 heterocycles. The molecular weight excluding hydrogens is 264 g/mol. The van der Waals surface area contributed by atoms with Crippen LogP contribution in [0.25, 0.3) is 0 Å². The van der Waals surface area contributed by atoms with Crippen molar-refractivity contribution in [2.24, 2.45) is 0 Å². The van der Waals surface area contributed by atoms with E-state index in [2.05, 4.69) is 10.6 Å². The Morgan fingerprint density at radius 2 is 2.16 bits per heavy atom. The molecule has 106 valence electrons. The van der Waals surface area contributed by atoms with Crippen LogP contribution < -0.4 is 10.6 Å². The summed E-state index contributed by atoms with van der Waals surface area (Å²) in [5, 5.41) is 15.1. The number of aliphatic hydroxyl groups excluding tert-OH is 1. The van der Waals surface area contributed by atoms with Crippen LogP contribution in [-0.2, 0) is 0 Å². The molecule has 3 N–H and O–H groups in total. The quantitative estimate of drug-likeness (QED) is 0.777. The molecule has 5 heteroatoms. The smallest absolute Gasteiger partial charge is 0.319 e. The summed E-state index contributed by atoms with van der Waals surface area (Å²) < 4.78 is 0. The van der Waals surface area contributed by atoms with Gasteiger partial charge in [0.2, 0.25) is 0 Å². The van der Waals surface area contributed by atoms with E-state index in [1.54, 1.807) is 12.1 Å². The van der Waals surface area contributed by atoms with Crippen molar-refractivity contribution < 1.29 is 9.90 Å². The van der Waals surface area contributed by atoms with E-state index in [0.29, 0.717) is 17.1 Å². The molecule has 1 aromatic carbocycles. The number of anilines is 1. The highest BCUT2D eigenvalue weighted by Crippen LogP contribution is 2.23. The van der Waals surface area contributed by atoms with Crippen LogP contribution in [0.3, 0.4) is 0 Å². The first kappa shape index (κ1) is 15.8. The number of hydrogen-bond acceptors (Lipinski definition) is 2. The summed E-state index contributed by atoms with van der Waals surface area (Å²) in [5.41, 5.74) is 1.19. The number of hydrogen-bond donors (Lipinski definition) is 3. The molecular formula is C14H21ClN2O2. The Bertz CT molecular complexity index is 451. The lowest BCUT2D eigenvalue weighted by Crippen LogP contribution is -2.48. The fourth-order valence-electron chi connectivity index (χ4n) is 1.72. The highest BCUT2D eigenvalue weighted by atomic mass is 35.5. The third-order valence-electron chi connectivity index (χ3n) is 3.23.